The van der Waals surface area contributed by atoms with Gasteiger partial charge >= 0.3 is 5.97 Å². The van der Waals surface area contributed by atoms with E-state index in [4.69, 9.17) is 5.11 Å². The second-order valence-corrected chi connectivity index (χ2v) is 4.43. The molecule has 4 nitrogen and oxygen atoms in total. The zero-order valence-corrected chi connectivity index (χ0v) is 8.83. The summed E-state index contributed by atoms with van der Waals surface area (Å²) in [6.45, 7) is 5.14. The van der Waals surface area contributed by atoms with E-state index in [1.54, 1.807) is 20.8 Å². The molecule has 80 valence electrons. The van der Waals surface area contributed by atoms with Crippen LogP contribution in [0, 0.1) is 11.8 Å². The first-order valence-electron chi connectivity index (χ1n) is 4.93. The van der Waals surface area contributed by atoms with E-state index in [9.17, 15) is 9.59 Å². The Morgan fingerprint density at radius 1 is 1.43 bits per heavy atom. The first kappa shape index (κ1) is 11.0. The zero-order chi connectivity index (χ0) is 10.9. The fraction of sp³-hybridized carbons (Fsp3) is 0.800. The van der Waals surface area contributed by atoms with Crippen LogP contribution in [0.1, 0.15) is 33.6 Å². The Morgan fingerprint density at radius 2 is 1.93 bits per heavy atom. The summed E-state index contributed by atoms with van der Waals surface area (Å²) < 4.78 is 0. The zero-order valence-electron chi connectivity index (χ0n) is 8.83. The highest BCUT2D eigenvalue weighted by Gasteiger charge is 2.41. The predicted molar refractivity (Wildman–Crippen MR) is 51.7 cm³/mol. The molecule has 1 aliphatic rings. The first-order valence-corrected chi connectivity index (χ1v) is 4.93. The minimum atomic E-state index is -1.14. The highest BCUT2D eigenvalue weighted by Crippen LogP contribution is 2.30. The second kappa shape index (κ2) is 3.59. The molecular weight excluding hydrogens is 182 g/mol. The van der Waals surface area contributed by atoms with Gasteiger partial charge in [-0.1, -0.05) is 13.8 Å². The minimum Gasteiger partial charge on any atom is -0.480 e. The molecule has 1 atom stereocenters. The molecule has 0 heterocycles. The fourth-order valence-electron chi connectivity index (χ4n) is 1.15. The Hall–Kier alpha value is -1.06. The van der Waals surface area contributed by atoms with E-state index >= 15 is 0 Å². The fourth-order valence-corrected chi connectivity index (χ4v) is 1.15. The number of hydrogen-bond donors (Lipinski definition) is 2. The summed E-state index contributed by atoms with van der Waals surface area (Å²) in [5, 5.41) is 11.7. The van der Waals surface area contributed by atoms with Crippen molar-refractivity contribution in [1.29, 1.82) is 0 Å². The van der Waals surface area contributed by atoms with Crippen LogP contribution in [0.4, 0.5) is 0 Å². The Labute approximate surface area is 83.7 Å². The highest BCUT2D eigenvalue weighted by molar-refractivity contribution is 5.89. The maximum Gasteiger partial charge on any atom is 0.329 e. The molecule has 1 saturated carbocycles. The van der Waals surface area contributed by atoms with Crippen molar-refractivity contribution in [3.63, 3.8) is 0 Å². The van der Waals surface area contributed by atoms with Crippen molar-refractivity contribution in [2.24, 2.45) is 11.8 Å². The lowest BCUT2D eigenvalue weighted by atomic mass is 9.88. The summed E-state index contributed by atoms with van der Waals surface area (Å²) in [6.07, 6.45) is 1.78. The third-order valence-electron chi connectivity index (χ3n) is 2.93. The van der Waals surface area contributed by atoms with Crippen LogP contribution in [0.25, 0.3) is 0 Å². The average molecular weight is 199 g/mol. The SMILES string of the molecule is CC(C)C(C)(NC(=O)C1CC1)C(=O)O. The lowest BCUT2D eigenvalue weighted by Crippen LogP contribution is -2.56. The van der Waals surface area contributed by atoms with Gasteiger partial charge in [-0.25, -0.2) is 4.79 Å². The molecule has 0 aromatic rings. The molecule has 0 aromatic heterocycles. The van der Waals surface area contributed by atoms with Gasteiger partial charge < -0.3 is 10.4 Å². The van der Waals surface area contributed by atoms with E-state index in [-0.39, 0.29) is 17.7 Å². The standard InChI is InChI=1S/C10H17NO3/c1-6(2)10(3,9(13)14)11-8(12)7-4-5-7/h6-7H,4-5H2,1-3H3,(H,11,12)(H,13,14). The van der Waals surface area contributed by atoms with Gasteiger partial charge in [-0.05, 0) is 25.7 Å². The van der Waals surface area contributed by atoms with Crippen LogP contribution in [0.15, 0.2) is 0 Å². The van der Waals surface area contributed by atoms with Crippen LogP contribution in [0.5, 0.6) is 0 Å². The van der Waals surface area contributed by atoms with Crippen molar-refractivity contribution in [3.8, 4) is 0 Å². The Morgan fingerprint density at radius 3 is 2.21 bits per heavy atom. The third kappa shape index (κ3) is 2.05. The lowest BCUT2D eigenvalue weighted by molar-refractivity contribution is -0.149. The van der Waals surface area contributed by atoms with Crippen molar-refractivity contribution in [2.75, 3.05) is 0 Å². The van der Waals surface area contributed by atoms with Crippen molar-refractivity contribution >= 4 is 11.9 Å². The average Bonchev–Trinajstić information content (AvgIpc) is 2.85. The number of carboxylic acid groups (broad SMARTS) is 1. The summed E-state index contributed by atoms with van der Waals surface area (Å²) in [5.41, 5.74) is -1.14. The van der Waals surface area contributed by atoms with Gasteiger partial charge in [0.1, 0.15) is 5.54 Å². The quantitative estimate of drug-likeness (QED) is 0.710. The summed E-state index contributed by atoms with van der Waals surface area (Å²) in [6, 6.07) is 0. The molecule has 14 heavy (non-hydrogen) atoms. The molecule has 0 spiro atoms. The Bertz CT molecular complexity index is 258. The largest absolute Gasteiger partial charge is 0.480 e. The number of nitrogens with one attached hydrogen (secondary N) is 1. The van der Waals surface area contributed by atoms with E-state index in [0.717, 1.165) is 12.8 Å². The number of hydrogen-bond acceptors (Lipinski definition) is 2. The second-order valence-electron chi connectivity index (χ2n) is 4.43. The molecule has 0 aliphatic heterocycles. The molecule has 0 saturated heterocycles. The minimum absolute atomic E-state index is 0.0485. The number of rotatable bonds is 4. The van der Waals surface area contributed by atoms with E-state index in [0.29, 0.717) is 0 Å². The molecule has 2 N–H and O–H groups in total. The highest BCUT2D eigenvalue weighted by atomic mass is 16.4. The van der Waals surface area contributed by atoms with Crippen LogP contribution < -0.4 is 5.32 Å². The smallest absolute Gasteiger partial charge is 0.329 e. The van der Waals surface area contributed by atoms with Crippen molar-refractivity contribution in [3.05, 3.63) is 0 Å². The number of carbonyl (C=O) groups excluding carboxylic acids is 1. The normalized spacial score (nSPS) is 20.3. The number of carboxylic acids is 1. The van der Waals surface area contributed by atoms with Gasteiger partial charge in [-0.2, -0.15) is 0 Å². The van der Waals surface area contributed by atoms with Gasteiger partial charge in [-0.15, -0.1) is 0 Å². The molecule has 0 bridgehead atoms. The lowest BCUT2D eigenvalue weighted by Gasteiger charge is -2.30. The summed E-state index contributed by atoms with van der Waals surface area (Å²) in [4.78, 5) is 22.5. The van der Waals surface area contributed by atoms with E-state index < -0.39 is 11.5 Å². The Kier molecular flexibility index (Phi) is 2.83. The molecule has 0 aromatic carbocycles. The predicted octanol–water partition coefficient (Wildman–Crippen LogP) is 1.01. The number of aliphatic carboxylic acids is 1. The summed E-state index contributed by atoms with van der Waals surface area (Å²) in [7, 11) is 0. The maximum atomic E-state index is 11.5. The van der Waals surface area contributed by atoms with Crippen molar-refractivity contribution < 1.29 is 14.7 Å². The van der Waals surface area contributed by atoms with Gasteiger partial charge in [-0.3, -0.25) is 4.79 Å². The van der Waals surface area contributed by atoms with Crippen LogP contribution in [0.3, 0.4) is 0 Å². The van der Waals surface area contributed by atoms with Crippen molar-refractivity contribution in [1.82, 2.24) is 5.32 Å². The van der Waals surface area contributed by atoms with Crippen LogP contribution >= 0.6 is 0 Å². The van der Waals surface area contributed by atoms with Gasteiger partial charge in [0.15, 0.2) is 0 Å². The molecular formula is C10H17NO3. The van der Waals surface area contributed by atoms with Gasteiger partial charge in [0.25, 0.3) is 0 Å². The van der Waals surface area contributed by atoms with E-state index in [1.165, 1.54) is 0 Å². The summed E-state index contributed by atoms with van der Waals surface area (Å²) in [5.74, 6) is -1.17. The molecule has 0 radical (unpaired) electrons. The third-order valence-corrected chi connectivity index (χ3v) is 2.93. The van der Waals surface area contributed by atoms with E-state index in [1.807, 2.05) is 0 Å². The van der Waals surface area contributed by atoms with Crippen LogP contribution in [0.2, 0.25) is 0 Å². The van der Waals surface area contributed by atoms with Crippen LogP contribution in [-0.2, 0) is 9.59 Å². The first-order chi connectivity index (χ1) is 6.38. The molecule has 1 rings (SSSR count). The monoisotopic (exact) mass is 199 g/mol. The molecule has 1 aliphatic carbocycles. The molecule has 1 fully saturated rings. The molecule has 1 amide bonds. The Balaban J connectivity index is 2.67. The summed E-state index contributed by atoms with van der Waals surface area (Å²) >= 11 is 0. The molecule has 4 heteroatoms. The van der Waals surface area contributed by atoms with E-state index in [2.05, 4.69) is 5.32 Å². The van der Waals surface area contributed by atoms with Crippen LogP contribution in [-0.4, -0.2) is 22.5 Å². The maximum absolute atomic E-state index is 11.5. The van der Waals surface area contributed by atoms with Crippen molar-refractivity contribution in [2.45, 2.75) is 39.2 Å². The topological polar surface area (TPSA) is 66.4 Å². The number of amides is 1. The number of carbonyl (C=O) groups is 2. The van der Waals surface area contributed by atoms with Gasteiger partial charge in [0.2, 0.25) is 5.91 Å². The molecule has 1 unspecified atom stereocenters. The van der Waals surface area contributed by atoms with Gasteiger partial charge in [0.05, 0.1) is 0 Å². The van der Waals surface area contributed by atoms with Gasteiger partial charge in [0, 0.05) is 5.92 Å².